The first-order valence-electron chi connectivity index (χ1n) is 14.8. The average molecular weight is 574 g/mol. The molecule has 1 heterocycles. The van der Waals surface area contributed by atoms with Crippen LogP contribution in [0.4, 0.5) is 5.69 Å². The summed E-state index contributed by atoms with van der Waals surface area (Å²) < 4.78 is 16.5. The summed E-state index contributed by atoms with van der Waals surface area (Å²) in [4.78, 5) is 25.9. The molecule has 0 aliphatic carbocycles. The molecular weight excluding hydrogens is 530 g/mol. The van der Waals surface area contributed by atoms with Gasteiger partial charge in [0.05, 0.1) is 33.5 Å². The number of esters is 2. The van der Waals surface area contributed by atoms with Crippen LogP contribution >= 0.6 is 0 Å². The molecule has 1 fully saturated rings. The second kappa shape index (κ2) is 13.9. The van der Waals surface area contributed by atoms with Crippen molar-refractivity contribution >= 4 is 30.9 Å². The SMILES string of the molecule is CCOC(=O)c1ccc(-c2ccc(OCCCOC(C)=O)c(-c3ccc(N4CCCC4)c([Si](C)(C)CC)c3)c2)cc1. The zero-order chi connectivity index (χ0) is 29.4. The minimum atomic E-state index is -1.67. The summed E-state index contributed by atoms with van der Waals surface area (Å²) in [6.07, 6.45) is 3.11. The molecule has 0 bridgehead atoms. The summed E-state index contributed by atoms with van der Waals surface area (Å²) in [6, 6.07) is 21.9. The third kappa shape index (κ3) is 7.58. The van der Waals surface area contributed by atoms with Gasteiger partial charge in [-0.25, -0.2) is 4.79 Å². The Kier molecular flexibility index (Phi) is 10.3. The molecular formula is C34H43NO5Si. The fourth-order valence-corrected chi connectivity index (χ4v) is 7.06. The number of rotatable bonds is 12. The summed E-state index contributed by atoms with van der Waals surface area (Å²) in [7, 11) is -1.67. The number of nitrogens with zero attached hydrogens (tertiary/aromatic N) is 1. The van der Waals surface area contributed by atoms with E-state index < -0.39 is 8.07 Å². The largest absolute Gasteiger partial charge is 0.493 e. The molecule has 41 heavy (non-hydrogen) atoms. The number of benzene rings is 3. The van der Waals surface area contributed by atoms with Crippen molar-refractivity contribution in [2.75, 3.05) is 37.8 Å². The molecule has 1 aliphatic heterocycles. The lowest BCUT2D eigenvalue weighted by Gasteiger charge is -2.30. The molecule has 0 unspecified atom stereocenters. The highest BCUT2D eigenvalue weighted by Crippen LogP contribution is 2.36. The molecule has 0 amide bonds. The normalized spacial score (nSPS) is 13.2. The zero-order valence-electron chi connectivity index (χ0n) is 25.1. The molecule has 7 heteroatoms. The van der Waals surface area contributed by atoms with Crippen molar-refractivity contribution in [2.45, 2.75) is 59.2 Å². The maximum atomic E-state index is 12.2. The van der Waals surface area contributed by atoms with Crippen LogP contribution in [0.2, 0.25) is 19.1 Å². The van der Waals surface area contributed by atoms with Gasteiger partial charge in [-0.3, -0.25) is 4.79 Å². The van der Waals surface area contributed by atoms with Gasteiger partial charge in [-0.2, -0.15) is 0 Å². The Morgan fingerprint density at radius 2 is 1.51 bits per heavy atom. The molecule has 0 aromatic heterocycles. The van der Waals surface area contributed by atoms with Crippen LogP contribution in [-0.2, 0) is 14.3 Å². The van der Waals surface area contributed by atoms with Gasteiger partial charge in [0.15, 0.2) is 0 Å². The van der Waals surface area contributed by atoms with Gasteiger partial charge in [-0.15, -0.1) is 0 Å². The molecule has 6 nitrogen and oxygen atoms in total. The van der Waals surface area contributed by atoms with Gasteiger partial charge in [0.25, 0.3) is 0 Å². The van der Waals surface area contributed by atoms with E-state index in [4.69, 9.17) is 14.2 Å². The maximum Gasteiger partial charge on any atom is 0.338 e. The molecule has 3 aromatic carbocycles. The summed E-state index contributed by atoms with van der Waals surface area (Å²) in [5.41, 5.74) is 6.14. The van der Waals surface area contributed by atoms with Crippen molar-refractivity contribution in [1.82, 2.24) is 0 Å². The molecule has 1 aliphatic rings. The second-order valence-electron chi connectivity index (χ2n) is 11.2. The van der Waals surface area contributed by atoms with Crippen LogP contribution in [0.1, 0.15) is 50.4 Å². The Labute approximate surface area is 245 Å². The summed E-state index contributed by atoms with van der Waals surface area (Å²) in [5, 5.41) is 1.49. The maximum absolute atomic E-state index is 12.2. The van der Waals surface area contributed by atoms with E-state index in [-0.39, 0.29) is 11.9 Å². The molecule has 0 spiro atoms. The van der Waals surface area contributed by atoms with Crippen molar-refractivity contribution in [3.05, 3.63) is 66.2 Å². The summed E-state index contributed by atoms with van der Waals surface area (Å²) in [6.45, 7) is 13.8. The van der Waals surface area contributed by atoms with Crippen LogP contribution in [0, 0.1) is 0 Å². The minimum Gasteiger partial charge on any atom is -0.493 e. The quantitative estimate of drug-likeness (QED) is 0.131. The lowest BCUT2D eigenvalue weighted by atomic mass is 9.97. The van der Waals surface area contributed by atoms with Crippen LogP contribution in [0.25, 0.3) is 22.3 Å². The highest BCUT2D eigenvalue weighted by molar-refractivity contribution is 6.90. The smallest absolute Gasteiger partial charge is 0.338 e. The number of hydrogen-bond acceptors (Lipinski definition) is 6. The van der Waals surface area contributed by atoms with Crippen LogP contribution in [0.15, 0.2) is 60.7 Å². The predicted molar refractivity (Wildman–Crippen MR) is 169 cm³/mol. The highest BCUT2D eigenvalue weighted by Gasteiger charge is 2.28. The molecule has 0 atom stereocenters. The molecule has 4 rings (SSSR count). The lowest BCUT2D eigenvalue weighted by molar-refractivity contribution is -0.141. The standard InChI is InChI=1S/C34H43NO5Si/c1-6-38-34(37)27-13-11-26(12-14-27)28-16-18-32(40-22-10-21-39-25(3)36)30(23-28)29-15-17-31(35-19-8-9-20-35)33(24-29)41(4,5)7-2/h11-18,23-24H,6-10,19-22H2,1-5H3. The van der Waals surface area contributed by atoms with E-state index in [0.29, 0.717) is 31.8 Å². The van der Waals surface area contributed by atoms with E-state index in [0.717, 1.165) is 41.1 Å². The van der Waals surface area contributed by atoms with Gasteiger partial charge >= 0.3 is 11.9 Å². The van der Waals surface area contributed by atoms with Crippen LogP contribution < -0.4 is 14.8 Å². The first-order chi connectivity index (χ1) is 19.7. The van der Waals surface area contributed by atoms with E-state index in [1.165, 1.54) is 36.7 Å². The Balaban J connectivity index is 1.73. The van der Waals surface area contributed by atoms with Crippen molar-refractivity contribution < 1.29 is 23.8 Å². The van der Waals surface area contributed by atoms with Gasteiger partial charge in [0.1, 0.15) is 5.75 Å². The molecule has 0 saturated carbocycles. The Morgan fingerprint density at radius 3 is 2.17 bits per heavy atom. The van der Waals surface area contributed by atoms with E-state index >= 15 is 0 Å². The molecule has 1 saturated heterocycles. The van der Waals surface area contributed by atoms with Crippen LogP contribution in [-0.4, -0.2) is 52.9 Å². The topological polar surface area (TPSA) is 65.1 Å². The Morgan fingerprint density at radius 1 is 0.829 bits per heavy atom. The fraction of sp³-hybridized carbons (Fsp3) is 0.412. The Bertz CT molecular complexity index is 1350. The van der Waals surface area contributed by atoms with Gasteiger partial charge in [-0.1, -0.05) is 56.4 Å². The van der Waals surface area contributed by atoms with E-state index in [1.807, 2.05) is 30.3 Å². The number of carbonyl (C=O) groups excluding carboxylic acids is 2. The average Bonchev–Trinajstić information content (AvgIpc) is 3.52. The number of carbonyl (C=O) groups is 2. The molecule has 0 radical (unpaired) electrons. The second-order valence-corrected chi connectivity index (χ2v) is 16.2. The van der Waals surface area contributed by atoms with E-state index in [9.17, 15) is 9.59 Å². The predicted octanol–water partition coefficient (Wildman–Crippen LogP) is 7.06. The zero-order valence-corrected chi connectivity index (χ0v) is 26.1. The molecule has 0 N–H and O–H groups in total. The number of hydrogen-bond donors (Lipinski definition) is 0. The first-order valence-corrected chi connectivity index (χ1v) is 18.0. The van der Waals surface area contributed by atoms with Gasteiger partial charge in [-0.05, 0) is 72.0 Å². The van der Waals surface area contributed by atoms with Crippen molar-refractivity contribution in [2.24, 2.45) is 0 Å². The van der Waals surface area contributed by atoms with Gasteiger partial charge in [0, 0.05) is 37.7 Å². The summed E-state index contributed by atoms with van der Waals surface area (Å²) >= 11 is 0. The minimum absolute atomic E-state index is 0.280. The van der Waals surface area contributed by atoms with Crippen molar-refractivity contribution in [3.63, 3.8) is 0 Å². The van der Waals surface area contributed by atoms with Gasteiger partial charge in [0.2, 0.25) is 0 Å². The molecule has 3 aromatic rings. The number of anilines is 1. The Hall–Kier alpha value is -3.58. The van der Waals surface area contributed by atoms with Crippen molar-refractivity contribution in [1.29, 1.82) is 0 Å². The summed E-state index contributed by atoms with van der Waals surface area (Å²) in [5.74, 6) is 0.207. The van der Waals surface area contributed by atoms with Crippen LogP contribution in [0.3, 0.4) is 0 Å². The first kappa shape index (κ1) is 30.4. The molecule has 218 valence electrons. The van der Waals surface area contributed by atoms with E-state index in [1.54, 1.807) is 6.92 Å². The third-order valence-corrected chi connectivity index (χ3v) is 11.6. The van der Waals surface area contributed by atoms with Crippen LogP contribution in [0.5, 0.6) is 5.75 Å². The van der Waals surface area contributed by atoms with Gasteiger partial charge < -0.3 is 19.1 Å². The monoisotopic (exact) mass is 573 g/mol. The fourth-order valence-electron chi connectivity index (χ4n) is 5.20. The van der Waals surface area contributed by atoms with Crippen molar-refractivity contribution in [3.8, 4) is 28.0 Å². The third-order valence-electron chi connectivity index (χ3n) is 7.93. The number of ether oxygens (including phenoxy) is 3. The van der Waals surface area contributed by atoms with E-state index in [2.05, 4.69) is 55.2 Å². The lowest BCUT2D eigenvalue weighted by Crippen LogP contribution is -2.44. The highest BCUT2D eigenvalue weighted by atomic mass is 28.3.